The molecule has 4 aromatic rings. The molecule has 0 aliphatic carbocycles. The Kier molecular flexibility index (Phi) is 4.64. The largest absolute Gasteiger partial charge is 0.481 e. The number of aliphatic carboxylic acids is 1. The minimum absolute atomic E-state index is 0.0910. The summed E-state index contributed by atoms with van der Waals surface area (Å²) in [4.78, 5) is 29.0. The second-order valence-electron chi connectivity index (χ2n) is 6.41. The van der Waals surface area contributed by atoms with Gasteiger partial charge in [-0.1, -0.05) is 25.1 Å². The number of carbonyl (C=O) groups is 1. The van der Waals surface area contributed by atoms with Gasteiger partial charge in [0.25, 0.3) is 5.56 Å². The van der Waals surface area contributed by atoms with Crippen LogP contribution >= 0.6 is 11.3 Å². The first kappa shape index (κ1) is 18.2. The molecule has 0 saturated carbocycles. The lowest BCUT2D eigenvalue weighted by atomic mass is 9.97. The highest BCUT2D eigenvalue weighted by atomic mass is 32.1. The maximum absolute atomic E-state index is 13.4. The number of aromatic nitrogens is 3. The number of carboxylic acids is 1. The summed E-state index contributed by atoms with van der Waals surface area (Å²) in [6, 6.07) is 11.2. The number of nitrogens with zero attached hydrogens (tertiary/aromatic N) is 3. The molecule has 1 atom stereocenters. The summed E-state index contributed by atoms with van der Waals surface area (Å²) in [5.41, 5.74) is 0.563. The summed E-state index contributed by atoms with van der Waals surface area (Å²) in [5, 5.41) is 15.5. The Balaban J connectivity index is 1.87. The van der Waals surface area contributed by atoms with Crippen molar-refractivity contribution < 1.29 is 14.3 Å². The highest BCUT2D eigenvalue weighted by Crippen LogP contribution is 2.26. The Morgan fingerprint density at radius 1 is 1.25 bits per heavy atom. The van der Waals surface area contributed by atoms with E-state index in [1.807, 2.05) is 0 Å². The van der Waals surface area contributed by atoms with Gasteiger partial charge in [0, 0.05) is 11.5 Å². The number of hydrogen-bond donors (Lipinski definition) is 1. The van der Waals surface area contributed by atoms with Crippen molar-refractivity contribution in [1.29, 1.82) is 0 Å². The number of thiazole rings is 1. The Bertz CT molecular complexity index is 1260. The maximum Gasteiger partial charge on any atom is 0.312 e. The molecule has 0 aliphatic rings. The fraction of sp³-hybridized carbons (Fsp3) is 0.200. The van der Waals surface area contributed by atoms with E-state index in [4.69, 9.17) is 0 Å². The van der Waals surface area contributed by atoms with Gasteiger partial charge < -0.3 is 5.11 Å². The van der Waals surface area contributed by atoms with Crippen molar-refractivity contribution in [3.05, 3.63) is 69.3 Å². The first-order valence-corrected chi connectivity index (χ1v) is 9.57. The van der Waals surface area contributed by atoms with E-state index in [1.54, 1.807) is 37.3 Å². The first-order valence-electron chi connectivity index (χ1n) is 8.75. The summed E-state index contributed by atoms with van der Waals surface area (Å²) >= 11 is 1.35. The van der Waals surface area contributed by atoms with Crippen molar-refractivity contribution in [1.82, 2.24) is 14.8 Å². The number of benzene rings is 2. The van der Waals surface area contributed by atoms with Crippen molar-refractivity contribution in [3.63, 3.8) is 0 Å². The molecule has 142 valence electrons. The smallest absolute Gasteiger partial charge is 0.312 e. The zero-order valence-electron chi connectivity index (χ0n) is 14.9. The molecular weight excluding hydrogens is 381 g/mol. The second-order valence-corrected chi connectivity index (χ2v) is 7.53. The molecule has 0 saturated heterocycles. The number of rotatable bonds is 5. The predicted molar refractivity (Wildman–Crippen MR) is 105 cm³/mol. The molecule has 4 rings (SSSR count). The molecule has 28 heavy (non-hydrogen) atoms. The molecule has 2 heterocycles. The van der Waals surface area contributed by atoms with Crippen molar-refractivity contribution in [2.45, 2.75) is 25.8 Å². The van der Waals surface area contributed by atoms with Crippen molar-refractivity contribution in [2.24, 2.45) is 0 Å². The fourth-order valence-electron chi connectivity index (χ4n) is 3.25. The zero-order valence-corrected chi connectivity index (χ0v) is 15.7. The molecule has 0 spiro atoms. The normalized spacial score (nSPS) is 12.5. The molecular formula is C20H16FN3O3S. The lowest BCUT2D eigenvalue weighted by Gasteiger charge is -2.14. The lowest BCUT2D eigenvalue weighted by molar-refractivity contribution is -0.138. The minimum Gasteiger partial charge on any atom is -0.481 e. The number of hydrogen-bond acceptors (Lipinski definition) is 5. The summed E-state index contributed by atoms with van der Waals surface area (Å²) in [6.45, 7) is 1.86. The van der Waals surface area contributed by atoms with E-state index >= 15 is 0 Å². The van der Waals surface area contributed by atoms with E-state index in [0.717, 1.165) is 4.70 Å². The van der Waals surface area contributed by atoms with E-state index in [1.165, 1.54) is 28.2 Å². The van der Waals surface area contributed by atoms with Gasteiger partial charge in [-0.3, -0.25) is 9.59 Å². The Morgan fingerprint density at radius 2 is 2.00 bits per heavy atom. The standard InChI is InChI=1S/C20H16FN3O3S/c1-2-12(20(26)27)18-13-5-3-4-6-14(13)19(25)24(23-18)10-17-22-15-9-11(21)7-8-16(15)28-17/h3-9,12H,2,10H2,1H3,(H,26,27). The average molecular weight is 397 g/mol. The van der Waals surface area contributed by atoms with Crippen LogP contribution < -0.4 is 5.56 Å². The predicted octanol–water partition coefficient (Wildman–Crippen LogP) is 3.77. The van der Waals surface area contributed by atoms with E-state index in [9.17, 15) is 19.1 Å². The zero-order chi connectivity index (χ0) is 19.8. The summed E-state index contributed by atoms with van der Waals surface area (Å²) in [5.74, 6) is -2.18. The molecule has 0 amide bonds. The van der Waals surface area contributed by atoms with Crippen LogP contribution in [0.3, 0.4) is 0 Å². The maximum atomic E-state index is 13.4. The third-order valence-electron chi connectivity index (χ3n) is 4.61. The van der Waals surface area contributed by atoms with Crippen molar-refractivity contribution >= 4 is 38.3 Å². The van der Waals surface area contributed by atoms with Crippen LogP contribution in [0.2, 0.25) is 0 Å². The van der Waals surface area contributed by atoms with Gasteiger partial charge >= 0.3 is 5.97 Å². The minimum atomic E-state index is -0.985. The Hall–Kier alpha value is -3.13. The summed E-state index contributed by atoms with van der Waals surface area (Å²) in [7, 11) is 0. The van der Waals surface area contributed by atoms with Gasteiger partial charge in [0.15, 0.2) is 0 Å². The molecule has 8 heteroatoms. The van der Waals surface area contributed by atoms with Crippen LogP contribution in [0.25, 0.3) is 21.0 Å². The van der Waals surface area contributed by atoms with Crippen LogP contribution in [-0.4, -0.2) is 25.8 Å². The highest BCUT2D eigenvalue weighted by molar-refractivity contribution is 7.18. The number of carboxylic acid groups (broad SMARTS) is 1. The van der Waals surface area contributed by atoms with Gasteiger partial charge in [-0.05, 0) is 24.6 Å². The van der Waals surface area contributed by atoms with Gasteiger partial charge in [0.2, 0.25) is 0 Å². The third-order valence-corrected chi connectivity index (χ3v) is 5.63. The van der Waals surface area contributed by atoms with Gasteiger partial charge in [-0.15, -0.1) is 11.3 Å². The average Bonchev–Trinajstić information content (AvgIpc) is 3.07. The highest BCUT2D eigenvalue weighted by Gasteiger charge is 2.24. The van der Waals surface area contributed by atoms with Gasteiger partial charge in [-0.2, -0.15) is 5.10 Å². The van der Waals surface area contributed by atoms with Crippen LogP contribution in [-0.2, 0) is 11.3 Å². The van der Waals surface area contributed by atoms with Crippen molar-refractivity contribution in [2.75, 3.05) is 0 Å². The molecule has 0 bridgehead atoms. The van der Waals surface area contributed by atoms with E-state index in [0.29, 0.717) is 33.4 Å². The number of halogens is 1. The lowest BCUT2D eigenvalue weighted by Crippen LogP contribution is -2.27. The SMILES string of the molecule is CCC(C(=O)O)c1nn(Cc2nc3cc(F)ccc3s2)c(=O)c2ccccc12. The van der Waals surface area contributed by atoms with E-state index in [-0.39, 0.29) is 17.9 Å². The summed E-state index contributed by atoms with van der Waals surface area (Å²) < 4.78 is 15.5. The molecule has 1 N–H and O–H groups in total. The fourth-order valence-corrected chi connectivity index (χ4v) is 4.18. The van der Waals surface area contributed by atoms with Crippen LogP contribution in [0.4, 0.5) is 4.39 Å². The van der Waals surface area contributed by atoms with Gasteiger partial charge in [0.05, 0.1) is 27.8 Å². The molecule has 2 aromatic heterocycles. The topological polar surface area (TPSA) is 85.1 Å². The Labute approximate surface area is 162 Å². The Morgan fingerprint density at radius 3 is 2.71 bits per heavy atom. The van der Waals surface area contributed by atoms with Crippen LogP contribution in [0.5, 0.6) is 0 Å². The molecule has 6 nitrogen and oxygen atoms in total. The summed E-state index contributed by atoms with van der Waals surface area (Å²) in [6.07, 6.45) is 0.352. The molecule has 0 aliphatic heterocycles. The molecule has 2 aromatic carbocycles. The van der Waals surface area contributed by atoms with Crippen LogP contribution in [0.1, 0.15) is 30.0 Å². The third kappa shape index (κ3) is 3.16. The monoisotopic (exact) mass is 397 g/mol. The van der Waals surface area contributed by atoms with Gasteiger partial charge in [-0.25, -0.2) is 14.1 Å². The van der Waals surface area contributed by atoms with E-state index in [2.05, 4.69) is 10.1 Å². The van der Waals surface area contributed by atoms with Gasteiger partial charge in [0.1, 0.15) is 16.7 Å². The molecule has 0 radical (unpaired) electrons. The second kappa shape index (κ2) is 7.12. The van der Waals surface area contributed by atoms with Crippen molar-refractivity contribution in [3.8, 4) is 0 Å². The quantitative estimate of drug-likeness (QED) is 0.554. The number of fused-ring (bicyclic) bond motifs is 2. The van der Waals surface area contributed by atoms with Crippen LogP contribution in [0.15, 0.2) is 47.3 Å². The first-order chi connectivity index (χ1) is 13.5. The van der Waals surface area contributed by atoms with E-state index < -0.39 is 11.9 Å². The molecule has 1 unspecified atom stereocenters. The van der Waals surface area contributed by atoms with Crippen LogP contribution in [0, 0.1) is 5.82 Å². The molecule has 0 fully saturated rings.